The Kier molecular flexibility index (Phi) is 4.57. The summed E-state index contributed by atoms with van der Waals surface area (Å²) in [7, 11) is 3.05. The lowest BCUT2D eigenvalue weighted by molar-refractivity contribution is -0.111. The van der Waals surface area contributed by atoms with E-state index in [0.717, 1.165) is 0 Å². The van der Waals surface area contributed by atoms with Crippen LogP contribution in [0, 0.1) is 0 Å². The van der Waals surface area contributed by atoms with Crippen molar-refractivity contribution in [3.63, 3.8) is 0 Å². The highest BCUT2D eigenvalue weighted by molar-refractivity contribution is 7.82. The van der Waals surface area contributed by atoms with Gasteiger partial charge in [0.25, 0.3) is 5.91 Å². The third kappa shape index (κ3) is 3.80. The maximum Gasteiger partial charge on any atom is 0.269 e. The van der Waals surface area contributed by atoms with Crippen LogP contribution in [-0.4, -0.2) is 28.9 Å². The second-order valence-electron chi connectivity index (χ2n) is 1.62. The largest absolute Gasteiger partial charge is 0.388 e. The molecule has 11 heavy (non-hydrogen) atoms. The minimum atomic E-state index is -0.703. The van der Waals surface area contributed by atoms with Crippen molar-refractivity contribution in [2.75, 3.05) is 6.54 Å². The lowest BCUT2D eigenvalue weighted by atomic mass is 10.3. The summed E-state index contributed by atoms with van der Waals surface area (Å²) in [6, 6.07) is 0. The second kappa shape index (κ2) is 4.93. The molecule has 0 heterocycles. The third-order valence-electron chi connectivity index (χ3n) is 0.807. The van der Waals surface area contributed by atoms with E-state index in [1.54, 1.807) is 5.80 Å². The number of nitrogens with zero attached hydrogens (tertiary/aromatic N) is 1. The molecule has 0 saturated heterocycles. The number of hydrogen-bond donors (Lipinski definition) is 2. The average Bonchev–Trinajstić information content (AvgIpc) is 1.87. The Morgan fingerprint density at radius 1 is 1.64 bits per heavy atom. The van der Waals surface area contributed by atoms with E-state index in [2.05, 4.69) is 26.1 Å². The first-order valence-electron chi connectivity index (χ1n) is 2.72. The van der Waals surface area contributed by atoms with Crippen molar-refractivity contribution < 1.29 is 4.79 Å². The number of nitrogens with two attached hydrogens (primary N) is 2. The lowest BCUT2D eigenvalue weighted by Gasteiger charge is -1.96. The summed E-state index contributed by atoms with van der Waals surface area (Å²) in [5.74, 6) is 0.868. The maximum absolute atomic E-state index is 10.5. The SMILES string of the molecule is NC(=O)C(=NCC=P)C(N)=S. The molecule has 0 aliphatic carbocycles. The van der Waals surface area contributed by atoms with Gasteiger partial charge in [-0.15, -0.1) is 8.86 Å². The van der Waals surface area contributed by atoms with Gasteiger partial charge in [0, 0.05) is 0 Å². The van der Waals surface area contributed by atoms with E-state index in [4.69, 9.17) is 11.5 Å². The van der Waals surface area contributed by atoms with Crippen molar-refractivity contribution in [3.8, 4) is 0 Å². The zero-order chi connectivity index (χ0) is 8.85. The van der Waals surface area contributed by atoms with E-state index in [-0.39, 0.29) is 10.7 Å². The summed E-state index contributed by atoms with van der Waals surface area (Å²) < 4.78 is 0. The van der Waals surface area contributed by atoms with Gasteiger partial charge < -0.3 is 11.5 Å². The van der Waals surface area contributed by atoms with Crippen molar-refractivity contribution in [2.24, 2.45) is 16.5 Å². The Bertz CT molecular complexity index is 210. The zero-order valence-corrected chi connectivity index (χ0v) is 7.52. The Morgan fingerprint density at radius 3 is 2.45 bits per heavy atom. The summed E-state index contributed by atoms with van der Waals surface area (Å²) >= 11 is 4.52. The Labute approximate surface area is 71.9 Å². The predicted molar refractivity (Wildman–Crippen MR) is 52.7 cm³/mol. The van der Waals surface area contributed by atoms with Gasteiger partial charge >= 0.3 is 0 Å². The normalized spacial score (nSPS) is 10.7. The first-order chi connectivity index (χ1) is 5.09. The minimum absolute atomic E-state index is 0.0468. The van der Waals surface area contributed by atoms with Crippen LogP contribution in [0.15, 0.2) is 4.99 Å². The molecule has 0 unspecified atom stereocenters. The van der Waals surface area contributed by atoms with E-state index in [1.165, 1.54) is 0 Å². The molecule has 0 spiro atoms. The lowest BCUT2D eigenvalue weighted by Crippen LogP contribution is -2.34. The molecular weight excluding hydrogens is 181 g/mol. The maximum atomic E-state index is 10.5. The highest BCUT2D eigenvalue weighted by Crippen LogP contribution is 1.79. The molecule has 0 saturated carbocycles. The highest BCUT2D eigenvalue weighted by Gasteiger charge is 2.08. The number of rotatable bonds is 4. The molecule has 4 N–H and O–H groups in total. The summed E-state index contributed by atoms with van der Waals surface area (Å²) in [5.41, 5.74) is 10.0. The fourth-order valence-corrected chi connectivity index (χ4v) is 0.671. The molecular formula is C5H8N3OPS. The van der Waals surface area contributed by atoms with Crippen LogP contribution in [0.4, 0.5) is 0 Å². The van der Waals surface area contributed by atoms with Crippen molar-refractivity contribution >= 4 is 43.5 Å². The van der Waals surface area contributed by atoms with Crippen molar-refractivity contribution in [1.29, 1.82) is 0 Å². The standard InChI is InChI=1S/C5H8N3OPS/c6-4(9)3(5(7)11)8-1-2-10/h2,10H,1H2,(H2,6,9)(H2,7,11). The Morgan fingerprint density at radius 2 is 2.18 bits per heavy atom. The van der Waals surface area contributed by atoms with Crippen LogP contribution in [0.5, 0.6) is 0 Å². The van der Waals surface area contributed by atoms with Crippen molar-refractivity contribution in [3.05, 3.63) is 0 Å². The van der Waals surface area contributed by atoms with Crippen LogP contribution < -0.4 is 11.5 Å². The predicted octanol–water partition coefficient (Wildman–Crippen LogP) is -0.856. The number of carbonyl (C=O) groups excluding carboxylic acids is 1. The van der Waals surface area contributed by atoms with Crippen LogP contribution >= 0.6 is 21.1 Å². The first kappa shape index (κ1) is 10.2. The first-order valence-corrected chi connectivity index (χ1v) is 3.71. The second-order valence-corrected chi connectivity index (χ2v) is 2.47. The molecule has 0 aromatic carbocycles. The topological polar surface area (TPSA) is 81.5 Å². The van der Waals surface area contributed by atoms with Gasteiger partial charge in [-0.3, -0.25) is 9.79 Å². The van der Waals surface area contributed by atoms with E-state index in [9.17, 15) is 4.79 Å². The van der Waals surface area contributed by atoms with Crippen LogP contribution in [0.3, 0.4) is 0 Å². The molecule has 0 radical (unpaired) electrons. The highest BCUT2D eigenvalue weighted by atomic mass is 32.1. The van der Waals surface area contributed by atoms with Gasteiger partial charge in [-0.25, -0.2) is 0 Å². The number of aliphatic imine (C=N–C) groups is 1. The van der Waals surface area contributed by atoms with Crippen LogP contribution in [-0.2, 0) is 4.79 Å². The fraction of sp³-hybridized carbons (Fsp3) is 0.200. The molecule has 4 nitrogen and oxygen atoms in total. The molecule has 0 rings (SSSR count). The Balaban J connectivity index is 4.45. The molecule has 60 valence electrons. The molecule has 0 fully saturated rings. The van der Waals surface area contributed by atoms with Gasteiger partial charge in [-0.1, -0.05) is 12.2 Å². The van der Waals surface area contributed by atoms with Gasteiger partial charge in [0.1, 0.15) is 4.99 Å². The molecule has 6 heteroatoms. The molecule has 0 aliphatic heterocycles. The third-order valence-corrected chi connectivity index (χ3v) is 1.18. The van der Waals surface area contributed by atoms with Gasteiger partial charge in [-0.05, 0) is 5.80 Å². The molecule has 0 bridgehead atoms. The fourth-order valence-electron chi connectivity index (χ4n) is 0.414. The molecule has 1 amide bonds. The van der Waals surface area contributed by atoms with Crippen LogP contribution in [0.1, 0.15) is 0 Å². The number of thiocarbonyl (C=S) groups is 1. The number of hydrogen-bond acceptors (Lipinski definition) is 3. The summed E-state index contributed by atoms with van der Waals surface area (Å²) in [6.07, 6.45) is 0. The monoisotopic (exact) mass is 189 g/mol. The number of primary amides is 1. The summed E-state index contributed by atoms with van der Waals surface area (Å²) in [5, 5.41) is 0. The van der Waals surface area contributed by atoms with E-state index >= 15 is 0 Å². The van der Waals surface area contributed by atoms with Crippen LogP contribution in [0.25, 0.3) is 0 Å². The van der Waals surface area contributed by atoms with Crippen molar-refractivity contribution in [1.82, 2.24) is 0 Å². The summed E-state index contributed by atoms with van der Waals surface area (Å²) in [4.78, 5) is 14.2. The van der Waals surface area contributed by atoms with E-state index < -0.39 is 5.91 Å². The van der Waals surface area contributed by atoms with E-state index in [1.807, 2.05) is 0 Å². The Hall–Kier alpha value is -0.800. The van der Waals surface area contributed by atoms with Gasteiger partial charge in [0.2, 0.25) is 0 Å². The minimum Gasteiger partial charge on any atom is -0.388 e. The number of carbonyl (C=O) groups is 1. The molecule has 0 atom stereocenters. The molecule has 0 aromatic heterocycles. The zero-order valence-electron chi connectivity index (χ0n) is 5.70. The average molecular weight is 189 g/mol. The summed E-state index contributed by atoms with van der Waals surface area (Å²) in [6.45, 7) is 0.312. The van der Waals surface area contributed by atoms with Gasteiger partial charge in [0.05, 0.1) is 6.54 Å². The van der Waals surface area contributed by atoms with Crippen molar-refractivity contribution in [2.45, 2.75) is 0 Å². The molecule has 0 aliphatic rings. The van der Waals surface area contributed by atoms with E-state index in [0.29, 0.717) is 6.54 Å². The molecule has 0 aromatic rings. The van der Waals surface area contributed by atoms with Crippen LogP contribution in [0.2, 0.25) is 0 Å². The smallest absolute Gasteiger partial charge is 0.269 e. The number of amides is 1. The van der Waals surface area contributed by atoms with Gasteiger partial charge in [-0.2, -0.15) is 0 Å². The van der Waals surface area contributed by atoms with Gasteiger partial charge in [0.15, 0.2) is 5.71 Å². The quantitative estimate of drug-likeness (QED) is 0.343.